The highest BCUT2D eigenvalue weighted by atomic mass is 35.5. The molecule has 0 aliphatic heterocycles. The van der Waals surface area contributed by atoms with E-state index in [4.69, 9.17) is 22.7 Å². The minimum absolute atomic E-state index is 0.0115. The van der Waals surface area contributed by atoms with Crippen LogP contribution in [0.25, 0.3) is 10.9 Å². The van der Waals surface area contributed by atoms with E-state index in [-0.39, 0.29) is 5.02 Å². The monoisotopic (exact) mass is 309 g/mol. The van der Waals surface area contributed by atoms with Crippen LogP contribution in [0.2, 0.25) is 5.02 Å². The van der Waals surface area contributed by atoms with E-state index in [0.29, 0.717) is 11.2 Å². The average Bonchev–Trinajstić information content (AvgIpc) is 2.55. The van der Waals surface area contributed by atoms with Crippen LogP contribution in [-0.4, -0.2) is 11.9 Å². The molecule has 0 saturated heterocycles. The summed E-state index contributed by atoms with van der Waals surface area (Å²) in [4.78, 5) is 4.31. The van der Waals surface area contributed by atoms with Gasteiger partial charge in [-0.2, -0.15) is 0 Å². The number of benzene rings is 2. The van der Waals surface area contributed by atoms with E-state index in [2.05, 4.69) is 10.8 Å². The summed E-state index contributed by atoms with van der Waals surface area (Å²) in [5.41, 5.74) is 1.33. The van der Waals surface area contributed by atoms with Gasteiger partial charge in [0.15, 0.2) is 0 Å². The van der Waals surface area contributed by atoms with Crippen LogP contribution in [0.15, 0.2) is 54.7 Å². The Kier molecular flexibility index (Phi) is 3.99. The SMILES string of the molecule is C#CB(Oc1cccc2cccnc12)c1ccc(F)c(Cl)c1. The highest BCUT2D eigenvalue weighted by molar-refractivity contribution is 6.75. The van der Waals surface area contributed by atoms with Gasteiger partial charge in [0.2, 0.25) is 0 Å². The van der Waals surface area contributed by atoms with Gasteiger partial charge >= 0.3 is 6.92 Å². The molecule has 0 amide bonds. The van der Waals surface area contributed by atoms with Gasteiger partial charge in [-0.3, -0.25) is 4.98 Å². The lowest BCUT2D eigenvalue weighted by atomic mass is 9.62. The molecule has 5 heteroatoms. The number of pyridine rings is 1. The van der Waals surface area contributed by atoms with Gasteiger partial charge in [0.05, 0.1) is 5.02 Å². The first-order valence-corrected chi connectivity index (χ1v) is 6.98. The van der Waals surface area contributed by atoms with Gasteiger partial charge < -0.3 is 4.65 Å². The Hall–Kier alpha value is -2.51. The Balaban J connectivity index is 1.98. The summed E-state index contributed by atoms with van der Waals surface area (Å²) in [5, 5.41) is 0.963. The predicted molar refractivity (Wildman–Crippen MR) is 88.0 cm³/mol. The summed E-state index contributed by atoms with van der Waals surface area (Å²) in [6.07, 6.45) is 7.24. The second-order valence-corrected chi connectivity index (χ2v) is 5.08. The zero-order valence-corrected chi connectivity index (χ0v) is 12.2. The summed E-state index contributed by atoms with van der Waals surface area (Å²) in [5.74, 6) is 2.63. The molecule has 0 aliphatic carbocycles. The summed E-state index contributed by atoms with van der Waals surface area (Å²) in [6.45, 7) is -0.675. The van der Waals surface area contributed by atoms with E-state index in [0.717, 1.165) is 10.9 Å². The molecule has 0 aliphatic rings. The first kappa shape index (κ1) is 14.4. The van der Waals surface area contributed by atoms with E-state index in [1.165, 1.54) is 12.1 Å². The van der Waals surface area contributed by atoms with Crippen LogP contribution in [-0.2, 0) is 0 Å². The molecule has 0 N–H and O–H groups in total. The second kappa shape index (κ2) is 6.09. The van der Waals surface area contributed by atoms with E-state index >= 15 is 0 Å². The van der Waals surface area contributed by atoms with E-state index in [1.807, 2.05) is 24.3 Å². The molecule has 0 saturated carbocycles. The summed E-state index contributed by atoms with van der Waals surface area (Å²) in [7, 11) is 0. The van der Waals surface area contributed by atoms with Crippen molar-refractivity contribution in [1.29, 1.82) is 0 Å². The van der Waals surface area contributed by atoms with Crippen LogP contribution in [0.4, 0.5) is 4.39 Å². The number of halogens is 2. The number of para-hydroxylation sites is 1. The Labute approximate surface area is 133 Å². The molecule has 0 radical (unpaired) electrons. The number of aromatic nitrogens is 1. The first-order chi connectivity index (χ1) is 10.7. The van der Waals surface area contributed by atoms with Crippen LogP contribution < -0.4 is 10.1 Å². The molecular weight excluding hydrogens is 299 g/mol. The highest BCUT2D eigenvalue weighted by Gasteiger charge is 2.20. The number of nitrogens with zero attached hydrogens (tertiary/aromatic N) is 1. The third-order valence-corrected chi connectivity index (χ3v) is 3.53. The molecule has 22 heavy (non-hydrogen) atoms. The summed E-state index contributed by atoms with van der Waals surface area (Å²) >= 11 is 5.80. The van der Waals surface area contributed by atoms with Crippen molar-refractivity contribution >= 4 is 34.9 Å². The maximum Gasteiger partial charge on any atom is 0.480 e. The van der Waals surface area contributed by atoms with Crippen molar-refractivity contribution in [2.45, 2.75) is 0 Å². The average molecular weight is 310 g/mol. The van der Waals surface area contributed by atoms with Gasteiger partial charge in [-0.25, -0.2) is 4.39 Å². The van der Waals surface area contributed by atoms with Crippen molar-refractivity contribution in [2.24, 2.45) is 0 Å². The van der Waals surface area contributed by atoms with E-state index in [1.54, 1.807) is 18.3 Å². The van der Waals surface area contributed by atoms with E-state index < -0.39 is 12.7 Å². The smallest absolute Gasteiger partial charge is 0.480 e. The third kappa shape index (κ3) is 2.76. The maximum absolute atomic E-state index is 13.3. The van der Waals surface area contributed by atoms with Gasteiger partial charge in [-0.1, -0.05) is 35.9 Å². The zero-order chi connectivity index (χ0) is 15.5. The Morgan fingerprint density at radius 3 is 2.77 bits per heavy atom. The molecule has 0 atom stereocenters. The van der Waals surface area contributed by atoms with Crippen molar-refractivity contribution < 1.29 is 9.04 Å². The fourth-order valence-electron chi connectivity index (χ4n) is 2.17. The third-order valence-electron chi connectivity index (χ3n) is 3.24. The van der Waals surface area contributed by atoms with Gasteiger partial charge in [-0.05, 0) is 29.7 Å². The molecule has 2 aromatic carbocycles. The molecule has 3 aromatic rings. The lowest BCUT2D eigenvalue weighted by Gasteiger charge is -2.13. The second-order valence-electron chi connectivity index (χ2n) is 4.67. The van der Waals surface area contributed by atoms with Gasteiger partial charge in [0.25, 0.3) is 0 Å². The maximum atomic E-state index is 13.3. The molecule has 0 bridgehead atoms. The molecule has 0 unspecified atom stereocenters. The lowest BCUT2D eigenvalue weighted by molar-refractivity contribution is 0.598. The number of rotatable bonds is 3. The number of fused-ring (bicyclic) bond motifs is 1. The Bertz CT molecular complexity index is 873. The Morgan fingerprint density at radius 1 is 1.18 bits per heavy atom. The molecular formula is C17H10BClFNO. The standard InChI is InChI=1S/C17H10BClFNO/c1-2-18(13-8-9-15(20)14(19)11-13)22-16-7-3-5-12-6-4-10-21-17(12)16/h1,3-11H. The highest BCUT2D eigenvalue weighted by Crippen LogP contribution is 2.23. The van der Waals surface area contributed by atoms with Crippen molar-refractivity contribution in [3.05, 3.63) is 65.6 Å². The van der Waals surface area contributed by atoms with Crippen molar-refractivity contribution in [1.82, 2.24) is 4.98 Å². The number of hydrogen-bond donors (Lipinski definition) is 0. The summed E-state index contributed by atoms with van der Waals surface area (Å²) < 4.78 is 19.1. The molecule has 2 nitrogen and oxygen atoms in total. The Morgan fingerprint density at radius 2 is 2.00 bits per heavy atom. The summed E-state index contributed by atoms with van der Waals surface area (Å²) in [6, 6.07) is 13.7. The minimum atomic E-state index is -0.675. The van der Waals surface area contributed by atoms with Gasteiger partial charge in [0.1, 0.15) is 17.1 Å². The lowest BCUT2D eigenvalue weighted by Crippen LogP contribution is -2.35. The van der Waals surface area contributed by atoms with Crippen molar-refractivity contribution in [2.75, 3.05) is 0 Å². The predicted octanol–water partition coefficient (Wildman–Crippen LogP) is 3.48. The molecule has 0 spiro atoms. The van der Waals surface area contributed by atoms with Crippen LogP contribution >= 0.6 is 11.6 Å². The fourth-order valence-corrected chi connectivity index (χ4v) is 2.36. The number of terminal acetylenes is 1. The normalized spacial score (nSPS) is 10.2. The minimum Gasteiger partial charge on any atom is -0.544 e. The van der Waals surface area contributed by atoms with E-state index in [9.17, 15) is 4.39 Å². The number of hydrogen-bond acceptors (Lipinski definition) is 2. The zero-order valence-electron chi connectivity index (χ0n) is 11.5. The molecule has 0 fully saturated rings. The largest absolute Gasteiger partial charge is 0.544 e. The molecule has 106 valence electrons. The van der Waals surface area contributed by atoms with Crippen molar-refractivity contribution in [3.63, 3.8) is 0 Å². The molecule has 1 aromatic heterocycles. The van der Waals surface area contributed by atoms with Crippen LogP contribution in [0.1, 0.15) is 0 Å². The fraction of sp³-hybridized carbons (Fsp3) is 0. The van der Waals surface area contributed by atoms with Crippen LogP contribution in [0.5, 0.6) is 5.75 Å². The molecule has 3 rings (SSSR count). The molecule has 1 heterocycles. The first-order valence-electron chi connectivity index (χ1n) is 6.60. The van der Waals surface area contributed by atoms with Crippen molar-refractivity contribution in [3.8, 4) is 18.0 Å². The topological polar surface area (TPSA) is 22.1 Å². The van der Waals surface area contributed by atoms with Crippen LogP contribution in [0.3, 0.4) is 0 Å². The van der Waals surface area contributed by atoms with Crippen LogP contribution in [0, 0.1) is 18.1 Å². The quantitative estimate of drug-likeness (QED) is 0.546. The van der Waals surface area contributed by atoms with Gasteiger partial charge in [0, 0.05) is 11.6 Å². The van der Waals surface area contributed by atoms with Gasteiger partial charge in [-0.15, -0.1) is 12.2 Å².